The van der Waals surface area contributed by atoms with Crippen LogP contribution in [-0.4, -0.2) is 5.91 Å². The van der Waals surface area contributed by atoms with E-state index in [0.717, 1.165) is 35.9 Å². The lowest BCUT2D eigenvalue weighted by Crippen LogP contribution is -2.22. The van der Waals surface area contributed by atoms with Gasteiger partial charge in [0, 0.05) is 17.3 Å². The molecular formula is C14H18N2O. The molecule has 1 amide bonds. The Morgan fingerprint density at radius 2 is 2.00 bits per heavy atom. The molecule has 0 aromatic heterocycles. The average molecular weight is 230 g/mol. The van der Waals surface area contributed by atoms with Crippen molar-refractivity contribution in [3.8, 4) is 0 Å². The van der Waals surface area contributed by atoms with Crippen LogP contribution in [0.1, 0.15) is 24.8 Å². The third kappa shape index (κ3) is 2.02. The van der Waals surface area contributed by atoms with Crippen LogP contribution in [0.15, 0.2) is 18.2 Å². The number of hydrogen-bond donors (Lipinski definition) is 2. The summed E-state index contributed by atoms with van der Waals surface area (Å²) in [7, 11) is 0. The fourth-order valence-corrected chi connectivity index (χ4v) is 2.94. The fourth-order valence-electron chi connectivity index (χ4n) is 2.94. The standard InChI is InChI=1S/C14H18N2O/c1-8-2-3-12(15)7-13(8)16-14(17)11-5-9-4-10(9)6-11/h2-3,7,9-11H,4-6,15H2,1H3,(H,16,17). The van der Waals surface area contributed by atoms with Crippen LogP contribution in [0.3, 0.4) is 0 Å². The molecule has 3 rings (SSSR count). The average Bonchev–Trinajstić information content (AvgIpc) is 2.91. The first-order chi connectivity index (χ1) is 8.13. The van der Waals surface area contributed by atoms with E-state index in [1.165, 1.54) is 6.42 Å². The smallest absolute Gasteiger partial charge is 0.227 e. The SMILES string of the molecule is Cc1ccc(N)cc1NC(=O)C1CC2CC2C1. The molecule has 0 radical (unpaired) electrons. The summed E-state index contributed by atoms with van der Waals surface area (Å²) in [4.78, 5) is 12.1. The fraction of sp³-hybridized carbons (Fsp3) is 0.500. The second kappa shape index (κ2) is 3.76. The van der Waals surface area contributed by atoms with Gasteiger partial charge in [-0.15, -0.1) is 0 Å². The molecule has 0 aliphatic heterocycles. The summed E-state index contributed by atoms with van der Waals surface area (Å²) in [6.45, 7) is 1.99. The molecule has 0 spiro atoms. The van der Waals surface area contributed by atoms with Gasteiger partial charge in [-0.1, -0.05) is 6.07 Å². The van der Waals surface area contributed by atoms with Crippen LogP contribution >= 0.6 is 0 Å². The first-order valence-electron chi connectivity index (χ1n) is 6.30. The van der Waals surface area contributed by atoms with E-state index in [9.17, 15) is 4.79 Å². The summed E-state index contributed by atoms with van der Waals surface area (Å²) < 4.78 is 0. The molecule has 0 bridgehead atoms. The second-order valence-corrected chi connectivity index (χ2v) is 5.49. The van der Waals surface area contributed by atoms with Crippen LogP contribution in [0.4, 0.5) is 11.4 Å². The van der Waals surface area contributed by atoms with E-state index in [0.29, 0.717) is 5.69 Å². The Morgan fingerprint density at radius 3 is 2.71 bits per heavy atom. The van der Waals surface area contributed by atoms with Gasteiger partial charge in [-0.25, -0.2) is 0 Å². The number of amides is 1. The van der Waals surface area contributed by atoms with Crippen molar-refractivity contribution in [1.82, 2.24) is 0 Å². The van der Waals surface area contributed by atoms with E-state index in [-0.39, 0.29) is 11.8 Å². The van der Waals surface area contributed by atoms with E-state index >= 15 is 0 Å². The van der Waals surface area contributed by atoms with Crippen molar-refractivity contribution in [2.45, 2.75) is 26.2 Å². The molecule has 2 saturated carbocycles. The molecule has 2 aliphatic rings. The van der Waals surface area contributed by atoms with Gasteiger partial charge in [-0.2, -0.15) is 0 Å². The highest BCUT2D eigenvalue weighted by molar-refractivity contribution is 5.94. The predicted octanol–water partition coefficient (Wildman–Crippen LogP) is 2.56. The van der Waals surface area contributed by atoms with Gasteiger partial charge in [0.15, 0.2) is 0 Å². The normalized spacial score (nSPS) is 29.8. The maximum Gasteiger partial charge on any atom is 0.227 e. The van der Waals surface area contributed by atoms with Gasteiger partial charge in [0.1, 0.15) is 0 Å². The molecule has 3 nitrogen and oxygen atoms in total. The highest BCUT2D eigenvalue weighted by atomic mass is 16.1. The molecular weight excluding hydrogens is 212 g/mol. The number of carbonyl (C=O) groups is 1. The summed E-state index contributed by atoms with van der Waals surface area (Å²) in [6.07, 6.45) is 3.51. The number of carbonyl (C=O) groups excluding carboxylic acids is 1. The Bertz CT molecular complexity index is 459. The maximum atomic E-state index is 12.1. The van der Waals surface area contributed by atoms with E-state index in [2.05, 4.69) is 5.32 Å². The highest BCUT2D eigenvalue weighted by Crippen LogP contribution is 2.54. The van der Waals surface area contributed by atoms with Crippen LogP contribution in [0, 0.1) is 24.7 Å². The topological polar surface area (TPSA) is 55.1 Å². The number of nitrogens with one attached hydrogen (secondary N) is 1. The molecule has 90 valence electrons. The lowest BCUT2D eigenvalue weighted by atomic mass is 10.0. The van der Waals surface area contributed by atoms with Gasteiger partial charge in [-0.3, -0.25) is 4.79 Å². The van der Waals surface area contributed by atoms with Crippen LogP contribution in [0.25, 0.3) is 0 Å². The maximum absolute atomic E-state index is 12.1. The number of hydrogen-bond acceptors (Lipinski definition) is 2. The summed E-state index contributed by atoms with van der Waals surface area (Å²) >= 11 is 0. The minimum absolute atomic E-state index is 0.172. The van der Waals surface area contributed by atoms with Gasteiger partial charge in [0.2, 0.25) is 5.91 Å². The Balaban J connectivity index is 1.69. The number of anilines is 2. The van der Waals surface area contributed by atoms with Crippen LogP contribution < -0.4 is 11.1 Å². The van der Waals surface area contributed by atoms with E-state index in [4.69, 9.17) is 5.73 Å². The Labute approximate surface area is 101 Å². The van der Waals surface area contributed by atoms with Crippen molar-refractivity contribution in [1.29, 1.82) is 0 Å². The molecule has 3 heteroatoms. The third-order valence-corrected chi connectivity index (χ3v) is 4.13. The number of benzene rings is 1. The molecule has 2 atom stereocenters. The van der Waals surface area contributed by atoms with Crippen molar-refractivity contribution < 1.29 is 4.79 Å². The van der Waals surface area contributed by atoms with Gasteiger partial charge in [0.05, 0.1) is 0 Å². The second-order valence-electron chi connectivity index (χ2n) is 5.49. The first-order valence-corrected chi connectivity index (χ1v) is 6.30. The molecule has 2 unspecified atom stereocenters. The monoisotopic (exact) mass is 230 g/mol. The zero-order valence-corrected chi connectivity index (χ0v) is 10.1. The van der Waals surface area contributed by atoms with Gasteiger partial charge in [-0.05, 0) is 55.7 Å². The van der Waals surface area contributed by atoms with E-state index < -0.39 is 0 Å². The minimum Gasteiger partial charge on any atom is -0.399 e. The van der Waals surface area contributed by atoms with Crippen molar-refractivity contribution in [3.05, 3.63) is 23.8 Å². The van der Waals surface area contributed by atoms with Crippen molar-refractivity contribution in [2.24, 2.45) is 17.8 Å². The van der Waals surface area contributed by atoms with Gasteiger partial charge < -0.3 is 11.1 Å². The molecule has 1 aromatic carbocycles. The highest BCUT2D eigenvalue weighted by Gasteiger charge is 2.47. The Hall–Kier alpha value is -1.51. The molecule has 2 fully saturated rings. The van der Waals surface area contributed by atoms with Crippen LogP contribution in [0.2, 0.25) is 0 Å². The van der Waals surface area contributed by atoms with Crippen molar-refractivity contribution in [3.63, 3.8) is 0 Å². The predicted molar refractivity (Wildman–Crippen MR) is 68.5 cm³/mol. The largest absolute Gasteiger partial charge is 0.399 e. The summed E-state index contributed by atoms with van der Waals surface area (Å²) in [5.74, 6) is 2.07. The van der Waals surface area contributed by atoms with Crippen molar-refractivity contribution in [2.75, 3.05) is 11.1 Å². The molecule has 0 saturated heterocycles. The van der Waals surface area contributed by atoms with Gasteiger partial charge >= 0.3 is 0 Å². The Kier molecular flexibility index (Phi) is 2.35. The van der Waals surface area contributed by atoms with E-state index in [1.807, 2.05) is 25.1 Å². The zero-order chi connectivity index (χ0) is 12.0. The molecule has 17 heavy (non-hydrogen) atoms. The number of rotatable bonds is 2. The quantitative estimate of drug-likeness (QED) is 0.767. The number of nitrogens with two attached hydrogens (primary N) is 1. The van der Waals surface area contributed by atoms with Crippen LogP contribution in [0.5, 0.6) is 0 Å². The number of nitrogen functional groups attached to an aromatic ring is 1. The Morgan fingerprint density at radius 1 is 1.29 bits per heavy atom. The van der Waals surface area contributed by atoms with E-state index in [1.54, 1.807) is 0 Å². The third-order valence-electron chi connectivity index (χ3n) is 4.13. The number of fused-ring (bicyclic) bond motifs is 1. The lowest BCUT2D eigenvalue weighted by Gasteiger charge is -2.14. The first kappa shape index (κ1) is 10.6. The lowest BCUT2D eigenvalue weighted by molar-refractivity contribution is -0.120. The molecule has 1 aromatic rings. The minimum atomic E-state index is 0.172. The summed E-state index contributed by atoms with van der Waals surface area (Å²) in [5.41, 5.74) is 8.35. The number of aryl methyl sites for hydroxylation is 1. The summed E-state index contributed by atoms with van der Waals surface area (Å²) in [6, 6.07) is 5.63. The zero-order valence-electron chi connectivity index (χ0n) is 10.1. The van der Waals surface area contributed by atoms with Gasteiger partial charge in [0.25, 0.3) is 0 Å². The molecule has 2 aliphatic carbocycles. The van der Waals surface area contributed by atoms with Crippen LogP contribution in [-0.2, 0) is 4.79 Å². The molecule has 0 heterocycles. The van der Waals surface area contributed by atoms with Crippen molar-refractivity contribution >= 4 is 17.3 Å². The summed E-state index contributed by atoms with van der Waals surface area (Å²) in [5, 5.41) is 3.02. The molecule has 3 N–H and O–H groups in total.